The summed E-state index contributed by atoms with van der Waals surface area (Å²) in [5.41, 5.74) is -0.348. The minimum atomic E-state index is -2.50. The molecule has 0 aromatic heterocycles. The number of hydrogen-bond donors (Lipinski definition) is 0. The maximum absolute atomic E-state index is 13.2. The third-order valence-electron chi connectivity index (χ3n) is 3.33. The highest BCUT2D eigenvalue weighted by Gasteiger charge is 2.56. The van der Waals surface area contributed by atoms with Crippen molar-refractivity contribution in [2.45, 2.75) is 37.6 Å². The van der Waals surface area contributed by atoms with E-state index in [-0.39, 0.29) is 18.5 Å². The lowest BCUT2D eigenvalue weighted by molar-refractivity contribution is 0.00376. The molecule has 0 spiro atoms. The second kappa shape index (κ2) is 3.42. The second-order valence-electron chi connectivity index (χ2n) is 4.42. The standard InChI is InChI=1S/C10H17F2NO/c1-2-14-8-9-4-3-5-13(9)7-10(11,12)6-9/h2-8H2,1H3/t9-/m0/s1. The molecule has 0 unspecified atom stereocenters. The summed E-state index contributed by atoms with van der Waals surface area (Å²) in [4.78, 5) is 1.92. The molecule has 0 amide bonds. The lowest BCUT2D eigenvalue weighted by Gasteiger charge is -2.30. The number of nitrogens with zero attached hydrogens (tertiary/aromatic N) is 1. The second-order valence-corrected chi connectivity index (χ2v) is 4.42. The van der Waals surface area contributed by atoms with Gasteiger partial charge in [0.2, 0.25) is 0 Å². The largest absolute Gasteiger partial charge is 0.380 e. The molecule has 4 heteroatoms. The van der Waals surface area contributed by atoms with Crippen LogP contribution in [0.15, 0.2) is 0 Å². The quantitative estimate of drug-likeness (QED) is 0.697. The highest BCUT2D eigenvalue weighted by atomic mass is 19.3. The van der Waals surface area contributed by atoms with E-state index in [1.54, 1.807) is 0 Å². The van der Waals surface area contributed by atoms with Crippen molar-refractivity contribution in [2.24, 2.45) is 0 Å². The Bertz CT molecular complexity index is 222. The predicted molar refractivity (Wildman–Crippen MR) is 49.6 cm³/mol. The van der Waals surface area contributed by atoms with Crippen LogP contribution in [0.1, 0.15) is 26.2 Å². The molecular weight excluding hydrogens is 188 g/mol. The van der Waals surface area contributed by atoms with Gasteiger partial charge in [0.1, 0.15) is 0 Å². The van der Waals surface area contributed by atoms with E-state index in [9.17, 15) is 8.78 Å². The van der Waals surface area contributed by atoms with E-state index in [1.165, 1.54) is 0 Å². The van der Waals surface area contributed by atoms with Crippen LogP contribution in [0.25, 0.3) is 0 Å². The first kappa shape index (κ1) is 10.3. The summed E-state index contributed by atoms with van der Waals surface area (Å²) in [6, 6.07) is 0. The van der Waals surface area contributed by atoms with E-state index in [4.69, 9.17) is 4.74 Å². The maximum Gasteiger partial charge on any atom is 0.262 e. The van der Waals surface area contributed by atoms with Crippen LogP contribution in [0.2, 0.25) is 0 Å². The van der Waals surface area contributed by atoms with Gasteiger partial charge in [-0.2, -0.15) is 0 Å². The molecule has 2 aliphatic heterocycles. The molecule has 0 bridgehead atoms. The number of fused-ring (bicyclic) bond motifs is 1. The summed E-state index contributed by atoms with van der Waals surface area (Å²) in [5, 5.41) is 0. The van der Waals surface area contributed by atoms with E-state index in [0.717, 1.165) is 19.4 Å². The molecule has 1 atom stereocenters. The van der Waals surface area contributed by atoms with Gasteiger partial charge in [-0.15, -0.1) is 0 Å². The van der Waals surface area contributed by atoms with E-state index in [0.29, 0.717) is 13.2 Å². The molecule has 14 heavy (non-hydrogen) atoms. The Morgan fingerprint density at radius 2 is 2.21 bits per heavy atom. The van der Waals surface area contributed by atoms with Crippen molar-refractivity contribution in [1.29, 1.82) is 0 Å². The average Bonchev–Trinajstić information content (AvgIpc) is 2.53. The third-order valence-corrected chi connectivity index (χ3v) is 3.33. The maximum atomic E-state index is 13.2. The van der Waals surface area contributed by atoms with Crippen LogP contribution in [-0.2, 0) is 4.74 Å². The van der Waals surface area contributed by atoms with Crippen LogP contribution in [0.5, 0.6) is 0 Å². The van der Waals surface area contributed by atoms with Gasteiger partial charge in [-0.25, -0.2) is 8.78 Å². The van der Waals surface area contributed by atoms with Crippen molar-refractivity contribution in [3.63, 3.8) is 0 Å². The van der Waals surface area contributed by atoms with Crippen molar-refractivity contribution < 1.29 is 13.5 Å². The van der Waals surface area contributed by atoms with Crippen LogP contribution in [0.3, 0.4) is 0 Å². The first-order valence-electron chi connectivity index (χ1n) is 5.29. The molecule has 2 heterocycles. The van der Waals surface area contributed by atoms with Gasteiger partial charge >= 0.3 is 0 Å². The molecule has 0 N–H and O–H groups in total. The summed E-state index contributed by atoms with van der Waals surface area (Å²) in [6.07, 6.45) is 1.88. The molecule has 2 aliphatic rings. The van der Waals surface area contributed by atoms with Crippen molar-refractivity contribution in [3.05, 3.63) is 0 Å². The molecular formula is C10H17F2NO. The topological polar surface area (TPSA) is 12.5 Å². The normalized spacial score (nSPS) is 36.2. The lowest BCUT2D eigenvalue weighted by Crippen LogP contribution is -2.42. The Labute approximate surface area is 83.2 Å². The molecule has 0 aromatic rings. The van der Waals surface area contributed by atoms with Gasteiger partial charge in [-0.3, -0.25) is 4.90 Å². The lowest BCUT2D eigenvalue weighted by atomic mass is 9.94. The summed E-state index contributed by atoms with van der Waals surface area (Å²) >= 11 is 0. The monoisotopic (exact) mass is 205 g/mol. The Hall–Kier alpha value is -0.220. The van der Waals surface area contributed by atoms with Gasteiger partial charge in [0.15, 0.2) is 0 Å². The minimum absolute atomic E-state index is 0.0139. The van der Waals surface area contributed by atoms with E-state index in [1.807, 2.05) is 11.8 Å². The predicted octanol–water partition coefficient (Wildman–Crippen LogP) is 1.90. The number of halogens is 2. The molecule has 0 radical (unpaired) electrons. The summed E-state index contributed by atoms with van der Waals surface area (Å²) in [6.45, 7) is 3.73. The van der Waals surface area contributed by atoms with Crippen LogP contribution < -0.4 is 0 Å². The van der Waals surface area contributed by atoms with Crippen LogP contribution in [-0.4, -0.2) is 42.7 Å². The Morgan fingerprint density at radius 1 is 1.43 bits per heavy atom. The Balaban J connectivity index is 2.07. The summed E-state index contributed by atoms with van der Waals surface area (Å²) in [7, 11) is 0. The smallest absolute Gasteiger partial charge is 0.262 e. The fourth-order valence-electron chi connectivity index (χ4n) is 2.76. The number of alkyl halides is 2. The summed E-state index contributed by atoms with van der Waals surface area (Å²) < 4.78 is 31.8. The highest BCUT2D eigenvalue weighted by molar-refractivity contribution is 5.06. The molecule has 2 saturated heterocycles. The summed E-state index contributed by atoms with van der Waals surface area (Å²) in [5.74, 6) is -2.50. The van der Waals surface area contributed by atoms with Gasteiger partial charge in [0.25, 0.3) is 5.92 Å². The minimum Gasteiger partial charge on any atom is -0.380 e. The van der Waals surface area contributed by atoms with E-state index >= 15 is 0 Å². The molecule has 0 aliphatic carbocycles. The van der Waals surface area contributed by atoms with Crippen LogP contribution >= 0.6 is 0 Å². The van der Waals surface area contributed by atoms with Gasteiger partial charge in [-0.1, -0.05) is 0 Å². The SMILES string of the molecule is CCOC[C@@]12CCCN1CC(F)(F)C2. The highest BCUT2D eigenvalue weighted by Crippen LogP contribution is 2.45. The number of rotatable bonds is 3. The molecule has 2 fully saturated rings. The van der Waals surface area contributed by atoms with Gasteiger partial charge in [0, 0.05) is 13.0 Å². The van der Waals surface area contributed by atoms with Gasteiger partial charge in [-0.05, 0) is 26.3 Å². The Morgan fingerprint density at radius 3 is 2.93 bits per heavy atom. The zero-order valence-corrected chi connectivity index (χ0v) is 8.56. The van der Waals surface area contributed by atoms with Crippen molar-refractivity contribution in [1.82, 2.24) is 4.90 Å². The van der Waals surface area contributed by atoms with Gasteiger partial charge < -0.3 is 4.74 Å². The third kappa shape index (κ3) is 1.65. The molecule has 2 rings (SSSR count). The van der Waals surface area contributed by atoms with Crippen LogP contribution in [0.4, 0.5) is 8.78 Å². The molecule has 0 aromatic carbocycles. The Kier molecular flexibility index (Phi) is 2.52. The van der Waals surface area contributed by atoms with Gasteiger partial charge in [0.05, 0.1) is 18.7 Å². The molecule has 82 valence electrons. The first-order chi connectivity index (χ1) is 6.58. The van der Waals surface area contributed by atoms with E-state index < -0.39 is 5.92 Å². The zero-order valence-electron chi connectivity index (χ0n) is 8.56. The number of ether oxygens (including phenoxy) is 1. The fraction of sp³-hybridized carbons (Fsp3) is 1.00. The van der Waals surface area contributed by atoms with Crippen molar-refractivity contribution in [2.75, 3.05) is 26.3 Å². The van der Waals surface area contributed by atoms with Crippen molar-refractivity contribution in [3.8, 4) is 0 Å². The van der Waals surface area contributed by atoms with E-state index in [2.05, 4.69) is 0 Å². The fourth-order valence-corrected chi connectivity index (χ4v) is 2.76. The zero-order chi connectivity index (χ0) is 10.2. The van der Waals surface area contributed by atoms with Crippen molar-refractivity contribution >= 4 is 0 Å². The number of hydrogen-bond acceptors (Lipinski definition) is 2. The molecule has 0 saturated carbocycles. The average molecular weight is 205 g/mol. The first-order valence-corrected chi connectivity index (χ1v) is 5.29. The molecule has 2 nitrogen and oxygen atoms in total. The van der Waals surface area contributed by atoms with Crippen LogP contribution in [0, 0.1) is 0 Å².